The second-order valence-corrected chi connectivity index (χ2v) is 14.1. The van der Waals surface area contributed by atoms with E-state index in [1.807, 2.05) is 17.4 Å². The quantitative estimate of drug-likeness (QED) is 0.182. The Kier molecular flexibility index (Phi) is 7.07. The van der Waals surface area contributed by atoms with E-state index in [0.29, 0.717) is 0 Å². The fourth-order valence-electron chi connectivity index (χ4n) is 7.47. The van der Waals surface area contributed by atoms with Crippen molar-refractivity contribution in [2.45, 2.75) is 6.17 Å². The molecule has 0 saturated carbocycles. The zero-order chi connectivity index (χ0) is 33.7. The van der Waals surface area contributed by atoms with Crippen LogP contribution in [0.15, 0.2) is 186 Å². The first-order valence-electron chi connectivity index (χ1n) is 17.3. The molecule has 1 atom stereocenters. The van der Waals surface area contributed by atoms with Gasteiger partial charge in [0.25, 0.3) is 0 Å². The number of aliphatic imine (C=N–C) groups is 2. The average molecular weight is 670 g/mol. The minimum Gasteiger partial charge on any atom is -0.324 e. The van der Waals surface area contributed by atoms with Gasteiger partial charge in [-0.2, -0.15) is 0 Å². The zero-order valence-corrected chi connectivity index (χ0v) is 28.4. The zero-order valence-electron chi connectivity index (χ0n) is 27.6. The van der Waals surface area contributed by atoms with Crippen molar-refractivity contribution in [3.05, 3.63) is 193 Å². The summed E-state index contributed by atoms with van der Waals surface area (Å²) in [5.74, 6) is 1.62. The topological polar surface area (TPSA) is 36.8 Å². The summed E-state index contributed by atoms with van der Waals surface area (Å²) in [7, 11) is 0. The summed E-state index contributed by atoms with van der Waals surface area (Å²) >= 11 is 1.85. The third-order valence-electron chi connectivity index (χ3n) is 9.93. The third kappa shape index (κ3) is 5.20. The van der Waals surface area contributed by atoms with Crippen molar-refractivity contribution in [1.82, 2.24) is 5.32 Å². The Balaban J connectivity index is 1.13. The minimum atomic E-state index is -0.436. The highest BCUT2D eigenvalue weighted by Crippen LogP contribution is 2.41. The molecule has 0 fully saturated rings. The van der Waals surface area contributed by atoms with E-state index in [1.54, 1.807) is 0 Å². The van der Waals surface area contributed by atoms with Crippen molar-refractivity contribution in [3.8, 4) is 22.3 Å². The van der Waals surface area contributed by atoms with Crippen LogP contribution in [0.25, 0.3) is 64.0 Å². The number of rotatable bonds is 5. The van der Waals surface area contributed by atoms with Crippen molar-refractivity contribution in [3.63, 3.8) is 0 Å². The molecule has 1 N–H and O–H groups in total. The van der Waals surface area contributed by atoms with Crippen LogP contribution in [0, 0.1) is 0 Å². The summed E-state index contributed by atoms with van der Waals surface area (Å²) in [5, 5.41) is 11.1. The molecule has 0 spiro atoms. The number of amidine groups is 2. The Morgan fingerprint density at radius 1 is 0.412 bits per heavy atom. The Morgan fingerprint density at radius 2 is 1.04 bits per heavy atom. The molecule has 0 aliphatic carbocycles. The van der Waals surface area contributed by atoms with Crippen LogP contribution in [0.5, 0.6) is 0 Å². The molecule has 240 valence electrons. The Hall–Kier alpha value is -6.36. The van der Waals surface area contributed by atoms with Gasteiger partial charge in [0.2, 0.25) is 0 Å². The van der Waals surface area contributed by atoms with Crippen molar-refractivity contribution >= 4 is 64.7 Å². The number of fused-ring (bicyclic) bond motifs is 6. The normalized spacial score (nSPS) is 14.5. The van der Waals surface area contributed by atoms with E-state index in [9.17, 15) is 0 Å². The van der Waals surface area contributed by atoms with Gasteiger partial charge in [-0.3, -0.25) is 0 Å². The second kappa shape index (κ2) is 12.2. The molecule has 0 bridgehead atoms. The highest BCUT2D eigenvalue weighted by molar-refractivity contribution is 7.25. The van der Waals surface area contributed by atoms with Gasteiger partial charge in [-0.15, -0.1) is 11.3 Å². The summed E-state index contributed by atoms with van der Waals surface area (Å²) < 4.78 is 2.60. The molecule has 0 saturated heterocycles. The molecule has 1 aliphatic rings. The molecule has 1 aromatic heterocycles. The molecule has 1 aliphatic heterocycles. The molecule has 51 heavy (non-hydrogen) atoms. The van der Waals surface area contributed by atoms with Crippen LogP contribution in [0.1, 0.15) is 22.9 Å². The fourth-order valence-corrected chi connectivity index (χ4v) is 8.60. The lowest BCUT2D eigenvalue weighted by Crippen LogP contribution is -2.36. The van der Waals surface area contributed by atoms with E-state index in [1.165, 1.54) is 53.0 Å². The van der Waals surface area contributed by atoms with Crippen LogP contribution in [-0.4, -0.2) is 11.7 Å². The number of hydrogen-bond acceptors (Lipinski definition) is 4. The fraction of sp³-hybridized carbons (Fsp3) is 0.0213. The molecule has 9 aromatic rings. The predicted octanol–water partition coefficient (Wildman–Crippen LogP) is 12.2. The maximum atomic E-state index is 5.38. The van der Waals surface area contributed by atoms with Gasteiger partial charge in [-0.25, -0.2) is 9.98 Å². The SMILES string of the molecule is c1ccc(-c2ccc(C3=NC(c4cccc(-c5cccc6sc7ccccc7c56)c4)N=C(c4cc5ccccc5c5ccccc45)N3)cc2)cc1. The Bertz CT molecular complexity index is 2830. The molecule has 8 aromatic carbocycles. The first kappa shape index (κ1) is 29.5. The molecule has 0 radical (unpaired) electrons. The van der Waals surface area contributed by atoms with E-state index in [0.717, 1.165) is 39.3 Å². The third-order valence-corrected chi connectivity index (χ3v) is 11.1. The van der Waals surface area contributed by atoms with Gasteiger partial charge in [0, 0.05) is 31.3 Å². The highest BCUT2D eigenvalue weighted by Gasteiger charge is 2.23. The van der Waals surface area contributed by atoms with Crippen LogP contribution >= 0.6 is 11.3 Å². The molecule has 2 heterocycles. The molecule has 4 heteroatoms. The van der Waals surface area contributed by atoms with Crippen LogP contribution < -0.4 is 5.32 Å². The number of benzene rings is 8. The van der Waals surface area contributed by atoms with Gasteiger partial charge in [0.1, 0.15) is 11.7 Å². The monoisotopic (exact) mass is 669 g/mol. The van der Waals surface area contributed by atoms with Crippen LogP contribution in [-0.2, 0) is 0 Å². The Morgan fingerprint density at radius 3 is 1.90 bits per heavy atom. The lowest BCUT2D eigenvalue weighted by molar-refractivity contribution is 0.756. The largest absolute Gasteiger partial charge is 0.324 e. The smallest absolute Gasteiger partial charge is 0.169 e. The summed E-state index contributed by atoms with van der Waals surface area (Å²) in [6.45, 7) is 0. The summed E-state index contributed by atoms with van der Waals surface area (Å²) in [5.41, 5.74) is 7.88. The van der Waals surface area contributed by atoms with Crippen LogP contribution in [0.2, 0.25) is 0 Å². The van der Waals surface area contributed by atoms with E-state index in [2.05, 4.69) is 175 Å². The van der Waals surface area contributed by atoms with Gasteiger partial charge < -0.3 is 5.32 Å². The first-order chi connectivity index (χ1) is 25.3. The van der Waals surface area contributed by atoms with E-state index in [-0.39, 0.29) is 0 Å². The van der Waals surface area contributed by atoms with Crippen molar-refractivity contribution in [2.24, 2.45) is 9.98 Å². The number of hydrogen-bond donors (Lipinski definition) is 1. The molecular formula is C47H31N3S. The number of nitrogens with zero attached hydrogens (tertiary/aromatic N) is 2. The summed E-state index contributed by atoms with van der Waals surface area (Å²) in [6.07, 6.45) is -0.436. The van der Waals surface area contributed by atoms with Crippen LogP contribution in [0.4, 0.5) is 0 Å². The highest BCUT2D eigenvalue weighted by atomic mass is 32.1. The van der Waals surface area contributed by atoms with Gasteiger partial charge in [-0.1, -0.05) is 152 Å². The Labute approximate surface area is 299 Å². The van der Waals surface area contributed by atoms with Crippen molar-refractivity contribution in [1.29, 1.82) is 0 Å². The number of thiophene rings is 1. The summed E-state index contributed by atoms with van der Waals surface area (Å²) in [6, 6.07) is 62.7. The standard InChI is InChI=1S/C47H31N3S/c1-2-12-30(13-3-1)31-24-26-32(27-25-31)45-48-46(50-47(49-45)41-29-34-14-4-5-17-36(34)38-18-6-7-19-39(38)41)35-16-10-15-33(28-35)37-21-11-23-43-44(37)40-20-8-9-22-42(40)51-43/h1-29,46H,(H,48,49,50). The molecular weight excluding hydrogens is 639 g/mol. The predicted molar refractivity (Wildman–Crippen MR) is 217 cm³/mol. The van der Waals surface area contributed by atoms with Gasteiger partial charge in [0.05, 0.1) is 0 Å². The van der Waals surface area contributed by atoms with E-state index in [4.69, 9.17) is 9.98 Å². The van der Waals surface area contributed by atoms with Crippen molar-refractivity contribution < 1.29 is 0 Å². The molecule has 10 rings (SSSR count). The maximum Gasteiger partial charge on any atom is 0.169 e. The lowest BCUT2D eigenvalue weighted by atomic mass is 9.95. The van der Waals surface area contributed by atoms with Crippen molar-refractivity contribution in [2.75, 3.05) is 0 Å². The van der Waals surface area contributed by atoms with Gasteiger partial charge in [-0.05, 0) is 73.6 Å². The first-order valence-corrected chi connectivity index (χ1v) is 18.1. The van der Waals surface area contributed by atoms with E-state index >= 15 is 0 Å². The molecule has 3 nitrogen and oxygen atoms in total. The van der Waals surface area contributed by atoms with Crippen LogP contribution in [0.3, 0.4) is 0 Å². The average Bonchev–Trinajstić information content (AvgIpc) is 3.60. The lowest BCUT2D eigenvalue weighted by Gasteiger charge is -2.24. The minimum absolute atomic E-state index is 0.436. The van der Waals surface area contributed by atoms with Gasteiger partial charge >= 0.3 is 0 Å². The molecule has 0 amide bonds. The summed E-state index contributed by atoms with van der Waals surface area (Å²) in [4.78, 5) is 10.7. The molecule has 1 unspecified atom stereocenters. The second-order valence-electron chi connectivity index (χ2n) is 13.0. The maximum absolute atomic E-state index is 5.38. The van der Waals surface area contributed by atoms with E-state index < -0.39 is 6.17 Å². The van der Waals surface area contributed by atoms with Gasteiger partial charge in [0.15, 0.2) is 6.17 Å². The number of nitrogens with one attached hydrogen (secondary N) is 1.